The Morgan fingerprint density at radius 3 is 2.35 bits per heavy atom. The predicted octanol–water partition coefficient (Wildman–Crippen LogP) is 4.11. The molecule has 1 fully saturated rings. The molecule has 31 heavy (non-hydrogen) atoms. The van der Waals surface area contributed by atoms with Crippen LogP contribution in [0.5, 0.6) is 0 Å². The number of aromatic nitrogens is 2. The van der Waals surface area contributed by atoms with Crippen molar-refractivity contribution >= 4 is 16.9 Å². The van der Waals surface area contributed by atoms with Crippen LogP contribution in [0.25, 0.3) is 11.0 Å². The molecule has 0 N–H and O–H groups in total. The minimum Gasteiger partial charge on any atom is -0.338 e. The molecule has 6 heteroatoms. The number of amides is 1. The maximum Gasteiger partial charge on any atom is 0.245 e. The number of imidazole rings is 1. The van der Waals surface area contributed by atoms with E-state index in [2.05, 4.69) is 42.4 Å². The molecular formula is C25H31FN4O. The van der Waals surface area contributed by atoms with E-state index in [-0.39, 0.29) is 17.8 Å². The summed E-state index contributed by atoms with van der Waals surface area (Å²) in [6, 6.07) is 10.4. The molecule has 0 aliphatic carbocycles. The number of carbonyl (C=O) groups excluding carboxylic acids is 1. The van der Waals surface area contributed by atoms with Gasteiger partial charge < -0.3 is 14.4 Å². The summed E-state index contributed by atoms with van der Waals surface area (Å²) in [6.07, 6.45) is 0.550. The molecule has 1 aliphatic rings. The van der Waals surface area contributed by atoms with Gasteiger partial charge in [0.2, 0.25) is 5.91 Å². The minimum atomic E-state index is -0.351. The van der Waals surface area contributed by atoms with Crippen LogP contribution >= 0.6 is 0 Å². The van der Waals surface area contributed by atoms with E-state index in [1.807, 2.05) is 11.8 Å². The van der Waals surface area contributed by atoms with Crippen LogP contribution in [0.2, 0.25) is 0 Å². The summed E-state index contributed by atoms with van der Waals surface area (Å²) in [5.41, 5.74) is 5.21. The molecule has 1 amide bonds. The van der Waals surface area contributed by atoms with Crippen molar-refractivity contribution in [3.8, 4) is 0 Å². The van der Waals surface area contributed by atoms with E-state index in [0.29, 0.717) is 6.42 Å². The SMILES string of the molecule is CCN1CCN(C(=O)C(C)n2c(Cc3ccc(F)cc3)nc3cc(C)c(C)cc32)CC1. The summed E-state index contributed by atoms with van der Waals surface area (Å²) < 4.78 is 15.5. The van der Waals surface area contributed by atoms with E-state index < -0.39 is 0 Å². The average Bonchev–Trinajstić information content (AvgIpc) is 3.11. The molecule has 2 heterocycles. The third kappa shape index (κ3) is 4.35. The monoisotopic (exact) mass is 422 g/mol. The first-order valence-corrected chi connectivity index (χ1v) is 11.1. The average molecular weight is 423 g/mol. The number of hydrogen-bond donors (Lipinski definition) is 0. The van der Waals surface area contributed by atoms with Gasteiger partial charge in [-0.25, -0.2) is 9.37 Å². The van der Waals surface area contributed by atoms with Crippen LogP contribution in [-0.2, 0) is 11.2 Å². The maximum absolute atomic E-state index is 13.4. The van der Waals surface area contributed by atoms with Gasteiger partial charge in [-0.1, -0.05) is 19.1 Å². The Hall–Kier alpha value is -2.73. The van der Waals surface area contributed by atoms with Crippen LogP contribution in [0.1, 0.15) is 42.4 Å². The summed E-state index contributed by atoms with van der Waals surface area (Å²) in [5, 5.41) is 0. The van der Waals surface area contributed by atoms with Crippen molar-refractivity contribution in [3.63, 3.8) is 0 Å². The van der Waals surface area contributed by atoms with Gasteiger partial charge in [0.25, 0.3) is 0 Å². The topological polar surface area (TPSA) is 41.4 Å². The quantitative estimate of drug-likeness (QED) is 0.621. The van der Waals surface area contributed by atoms with Gasteiger partial charge in [-0.15, -0.1) is 0 Å². The number of likely N-dealkylation sites (N-methyl/N-ethyl adjacent to an activating group) is 1. The number of hydrogen-bond acceptors (Lipinski definition) is 3. The molecular weight excluding hydrogens is 391 g/mol. The molecule has 1 aromatic heterocycles. The standard InChI is InChI=1S/C25H31FN4O/c1-5-28-10-12-29(13-11-28)25(31)19(4)30-23-15-18(3)17(2)14-22(23)27-24(30)16-20-6-8-21(26)9-7-20/h6-9,14-15,19H,5,10-13,16H2,1-4H3. The van der Waals surface area contributed by atoms with Crippen LogP contribution in [-0.4, -0.2) is 58.0 Å². The number of rotatable bonds is 5. The fourth-order valence-electron chi connectivity index (χ4n) is 4.40. The smallest absolute Gasteiger partial charge is 0.245 e. The maximum atomic E-state index is 13.4. The summed E-state index contributed by atoms with van der Waals surface area (Å²) in [5.74, 6) is 0.714. The van der Waals surface area contributed by atoms with Crippen molar-refractivity contribution in [1.82, 2.24) is 19.4 Å². The van der Waals surface area contributed by atoms with Gasteiger partial charge in [0, 0.05) is 32.6 Å². The fourth-order valence-corrected chi connectivity index (χ4v) is 4.40. The zero-order chi connectivity index (χ0) is 22.1. The molecule has 1 unspecified atom stereocenters. The second kappa shape index (κ2) is 8.79. The molecule has 164 valence electrons. The van der Waals surface area contributed by atoms with Gasteiger partial charge in [0.1, 0.15) is 17.7 Å². The zero-order valence-electron chi connectivity index (χ0n) is 18.9. The number of halogens is 1. The van der Waals surface area contributed by atoms with Crippen LogP contribution in [0.4, 0.5) is 4.39 Å². The lowest BCUT2D eigenvalue weighted by Crippen LogP contribution is -2.50. The van der Waals surface area contributed by atoms with Crippen molar-refractivity contribution in [2.45, 2.75) is 40.2 Å². The van der Waals surface area contributed by atoms with Crippen molar-refractivity contribution < 1.29 is 9.18 Å². The molecule has 0 saturated carbocycles. The van der Waals surface area contributed by atoms with Crippen LogP contribution in [0.15, 0.2) is 36.4 Å². The van der Waals surface area contributed by atoms with Crippen LogP contribution in [0, 0.1) is 19.7 Å². The first-order chi connectivity index (χ1) is 14.9. The van der Waals surface area contributed by atoms with Crippen molar-refractivity contribution in [1.29, 1.82) is 0 Å². The highest BCUT2D eigenvalue weighted by molar-refractivity contribution is 5.85. The molecule has 2 aromatic carbocycles. The first kappa shape index (κ1) is 21.5. The summed E-state index contributed by atoms with van der Waals surface area (Å²) >= 11 is 0. The lowest BCUT2D eigenvalue weighted by Gasteiger charge is -2.35. The van der Waals surface area contributed by atoms with Crippen molar-refractivity contribution in [3.05, 3.63) is 64.7 Å². The van der Waals surface area contributed by atoms with Gasteiger partial charge in [0.15, 0.2) is 0 Å². The Labute approximate surface area is 183 Å². The van der Waals surface area contributed by atoms with E-state index in [1.54, 1.807) is 12.1 Å². The van der Waals surface area contributed by atoms with E-state index >= 15 is 0 Å². The van der Waals surface area contributed by atoms with E-state index in [4.69, 9.17) is 4.98 Å². The first-order valence-electron chi connectivity index (χ1n) is 11.1. The Morgan fingerprint density at radius 1 is 1.06 bits per heavy atom. The number of piperazine rings is 1. The van der Waals surface area contributed by atoms with Crippen LogP contribution in [0.3, 0.4) is 0 Å². The molecule has 4 rings (SSSR count). The highest BCUT2D eigenvalue weighted by Gasteiger charge is 2.28. The lowest BCUT2D eigenvalue weighted by atomic mass is 10.1. The Bertz CT molecular complexity index is 1080. The number of fused-ring (bicyclic) bond motifs is 1. The summed E-state index contributed by atoms with van der Waals surface area (Å²) in [7, 11) is 0. The van der Waals surface area contributed by atoms with Gasteiger partial charge in [-0.3, -0.25) is 4.79 Å². The second-order valence-corrected chi connectivity index (χ2v) is 8.56. The van der Waals surface area contributed by atoms with E-state index in [0.717, 1.165) is 55.1 Å². The normalized spacial score (nSPS) is 16.1. The third-order valence-corrected chi connectivity index (χ3v) is 6.53. The third-order valence-electron chi connectivity index (χ3n) is 6.53. The molecule has 0 bridgehead atoms. The van der Waals surface area contributed by atoms with Gasteiger partial charge >= 0.3 is 0 Å². The summed E-state index contributed by atoms with van der Waals surface area (Å²) in [4.78, 5) is 22.7. The molecule has 0 radical (unpaired) electrons. The largest absolute Gasteiger partial charge is 0.338 e. The number of nitrogens with zero attached hydrogens (tertiary/aromatic N) is 4. The molecule has 5 nitrogen and oxygen atoms in total. The summed E-state index contributed by atoms with van der Waals surface area (Å²) in [6.45, 7) is 12.7. The van der Waals surface area contributed by atoms with Crippen molar-refractivity contribution in [2.75, 3.05) is 32.7 Å². The van der Waals surface area contributed by atoms with Crippen LogP contribution < -0.4 is 0 Å². The molecule has 1 saturated heterocycles. The zero-order valence-corrected chi connectivity index (χ0v) is 18.9. The molecule has 1 atom stereocenters. The Kier molecular flexibility index (Phi) is 6.10. The number of aryl methyl sites for hydroxylation is 2. The Morgan fingerprint density at radius 2 is 1.71 bits per heavy atom. The van der Waals surface area contributed by atoms with Gasteiger partial charge in [-0.2, -0.15) is 0 Å². The predicted molar refractivity (Wildman–Crippen MR) is 122 cm³/mol. The highest BCUT2D eigenvalue weighted by Crippen LogP contribution is 2.27. The number of carbonyl (C=O) groups is 1. The molecule has 3 aromatic rings. The highest BCUT2D eigenvalue weighted by atomic mass is 19.1. The van der Waals surface area contributed by atoms with Gasteiger partial charge in [0.05, 0.1) is 11.0 Å². The van der Waals surface area contributed by atoms with E-state index in [9.17, 15) is 9.18 Å². The van der Waals surface area contributed by atoms with E-state index in [1.165, 1.54) is 23.3 Å². The van der Waals surface area contributed by atoms with Gasteiger partial charge in [-0.05, 0) is 68.3 Å². The molecule has 0 spiro atoms. The van der Waals surface area contributed by atoms with Crippen molar-refractivity contribution in [2.24, 2.45) is 0 Å². The second-order valence-electron chi connectivity index (χ2n) is 8.56. The lowest BCUT2D eigenvalue weighted by molar-refractivity contribution is -0.136. The number of benzene rings is 2. The Balaban J connectivity index is 1.70. The fraction of sp³-hybridized carbons (Fsp3) is 0.440. The molecule has 1 aliphatic heterocycles. The minimum absolute atomic E-state index is 0.133.